The summed E-state index contributed by atoms with van der Waals surface area (Å²) in [6.07, 6.45) is -0.634. The van der Waals surface area contributed by atoms with Crippen LogP contribution in [0.4, 0.5) is 0 Å². The Morgan fingerprint density at radius 2 is 1.60 bits per heavy atom. The molecule has 0 bridgehead atoms. The molecule has 0 amide bonds. The summed E-state index contributed by atoms with van der Waals surface area (Å²) in [5.41, 5.74) is -1.13. The molecule has 2 aromatic rings. The van der Waals surface area contributed by atoms with Gasteiger partial charge < -0.3 is 9.47 Å². The Labute approximate surface area is 211 Å². The summed E-state index contributed by atoms with van der Waals surface area (Å²) in [5, 5.41) is 18.9. The van der Waals surface area contributed by atoms with E-state index in [0.717, 1.165) is 5.56 Å². The standard InChI is InChI=1S/C26H18Cl2N2O5/c1-16-7-9-17(10-8-16)20(31)13-26(15-30)19(14-29)23(21(27)22(28)24(26)32)34-11-12-35-25(33)18-5-3-2-4-6-18/h2-10H,11-13H2,1H3. The zero-order chi connectivity index (χ0) is 25.6. The number of halogens is 2. The summed E-state index contributed by atoms with van der Waals surface area (Å²) in [6.45, 7) is 1.38. The molecule has 0 radical (unpaired) electrons. The van der Waals surface area contributed by atoms with Gasteiger partial charge in [-0.25, -0.2) is 4.79 Å². The zero-order valence-corrected chi connectivity index (χ0v) is 20.0. The summed E-state index contributed by atoms with van der Waals surface area (Å²) in [6, 6.07) is 18.4. The third kappa shape index (κ3) is 5.27. The Morgan fingerprint density at radius 1 is 0.943 bits per heavy atom. The van der Waals surface area contributed by atoms with Crippen molar-refractivity contribution in [3.8, 4) is 12.1 Å². The molecule has 0 saturated heterocycles. The minimum Gasteiger partial charge on any atom is -0.487 e. The molecule has 0 N–H and O–H groups in total. The fourth-order valence-corrected chi connectivity index (χ4v) is 3.90. The van der Waals surface area contributed by atoms with Crippen LogP contribution in [-0.2, 0) is 14.3 Å². The number of carbonyl (C=O) groups excluding carboxylic acids is 3. The van der Waals surface area contributed by atoms with E-state index in [4.69, 9.17) is 32.7 Å². The highest BCUT2D eigenvalue weighted by Crippen LogP contribution is 2.46. The highest BCUT2D eigenvalue weighted by Gasteiger charge is 2.52. The topological polar surface area (TPSA) is 117 Å². The molecule has 1 atom stereocenters. The monoisotopic (exact) mass is 508 g/mol. The van der Waals surface area contributed by atoms with Crippen molar-refractivity contribution in [2.45, 2.75) is 13.3 Å². The summed E-state index contributed by atoms with van der Waals surface area (Å²) < 4.78 is 10.7. The number of ether oxygens (including phenoxy) is 2. The molecule has 0 saturated carbocycles. The van der Waals surface area contributed by atoms with Crippen molar-refractivity contribution in [3.05, 3.63) is 92.7 Å². The Balaban J connectivity index is 1.85. The summed E-state index contributed by atoms with van der Waals surface area (Å²) in [7, 11) is 0. The first kappa shape index (κ1) is 25.7. The third-order valence-electron chi connectivity index (χ3n) is 5.31. The molecule has 0 aliphatic heterocycles. The Kier molecular flexibility index (Phi) is 8.09. The van der Waals surface area contributed by atoms with Crippen LogP contribution >= 0.6 is 23.2 Å². The molecule has 3 rings (SSSR count). The number of nitrogens with zero attached hydrogens (tertiary/aromatic N) is 2. The molecule has 0 heterocycles. The lowest BCUT2D eigenvalue weighted by Crippen LogP contribution is -2.38. The predicted molar refractivity (Wildman–Crippen MR) is 127 cm³/mol. The van der Waals surface area contributed by atoms with Gasteiger partial charge in [-0.1, -0.05) is 71.2 Å². The van der Waals surface area contributed by atoms with E-state index in [1.54, 1.807) is 66.7 Å². The van der Waals surface area contributed by atoms with Gasteiger partial charge in [0.2, 0.25) is 5.78 Å². The third-order valence-corrected chi connectivity index (χ3v) is 6.13. The van der Waals surface area contributed by atoms with Crippen LogP contribution in [0.2, 0.25) is 0 Å². The minimum absolute atomic E-state index is 0.215. The van der Waals surface area contributed by atoms with Gasteiger partial charge in [0.25, 0.3) is 0 Å². The van der Waals surface area contributed by atoms with E-state index in [9.17, 15) is 24.9 Å². The molecule has 35 heavy (non-hydrogen) atoms. The maximum Gasteiger partial charge on any atom is 0.338 e. The van der Waals surface area contributed by atoms with Crippen LogP contribution in [0.15, 0.2) is 76.0 Å². The average molecular weight is 509 g/mol. The summed E-state index contributed by atoms with van der Waals surface area (Å²) >= 11 is 12.3. The van der Waals surface area contributed by atoms with E-state index in [0.29, 0.717) is 5.56 Å². The van der Waals surface area contributed by atoms with Crippen LogP contribution in [0.5, 0.6) is 0 Å². The van der Waals surface area contributed by atoms with Crippen molar-refractivity contribution < 1.29 is 23.9 Å². The molecular formula is C26H18Cl2N2O5. The molecule has 1 aliphatic carbocycles. The lowest BCUT2D eigenvalue weighted by Gasteiger charge is -2.29. The normalized spacial score (nSPS) is 17.5. The zero-order valence-electron chi connectivity index (χ0n) is 18.5. The van der Waals surface area contributed by atoms with Crippen molar-refractivity contribution in [1.29, 1.82) is 10.5 Å². The Bertz CT molecular complexity index is 1320. The van der Waals surface area contributed by atoms with Crippen molar-refractivity contribution >= 4 is 40.7 Å². The highest BCUT2D eigenvalue weighted by molar-refractivity contribution is 6.51. The molecule has 0 fully saturated rings. The number of Topliss-reactive ketones (excluding diaryl/α,β-unsaturated/α-hetero) is 2. The number of ketones is 2. The van der Waals surface area contributed by atoms with Crippen molar-refractivity contribution in [2.75, 3.05) is 13.2 Å². The minimum atomic E-state index is -2.22. The van der Waals surface area contributed by atoms with E-state index in [-0.39, 0.29) is 29.6 Å². The SMILES string of the molecule is Cc1ccc(C(=O)CC2(C#N)C(=O)C(Cl)=C(Cl)C(OCCOC(=O)c3ccccc3)=C2C#N)cc1. The van der Waals surface area contributed by atoms with E-state index >= 15 is 0 Å². The molecule has 176 valence electrons. The van der Waals surface area contributed by atoms with Gasteiger partial charge in [-0.3, -0.25) is 9.59 Å². The molecule has 7 nitrogen and oxygen atoms in total. The van der Waals surface area contributed by atoms with Crippen LogP contribution in [0.25, 0.3) is 0 Å². The van der Waals surface area contributed by atoms with Crippen LogP contribution in [0.1, 0.15) is 32.7 Å². The van der Waals surface area contributed by atoms with Gasteiger partial charge in [0, 0.05) is 12.0 Å². The molecular weight excluding hydrogens is 491 g/mol. The largest absolute Gasteiger partial charge is 0.487 e. The number of carbonyl (C=O) groups is 3. The quantitative estimate of drug-likeness (QED) is 0.279. The van der Waals surface area contributed by atoms with E-state index in [2.05, 4.69) is 0 Å². The van der Waals surface area contributed by atoms with Gasteiger partial charge in [0.15, 0.2) is 17.0 Å². The highest BCUT2D eigenvalue weighted by atomic mass is 35.5. The number of benzene rings is 2. The van der Waals surface area contributed by atoms with Gasteiger partial charge >= 0.3 is 5.97 Å². The number of nitriles is 2. The van der Waals surface area contributed by atoms with Crippen molar-refractivity contribution in [2.24, 2.45) is 5.41 Å². The number of hydrogen-bond acceptors (Lipinski definition) is 7. The molecule has 9 heteroatoms. The second-order valence-electron chi connectivity index (χ2n) is 7.61. The first-order valence-electron chi connectivity index (χ1n) is 10.4. The second kappa shape index (κ2) is 11.0. The fraction of sp³-hybridized carbons (Fsp3) is 0.192. The number of esters is 1. The first-order valence-corrected chi connectivity index (χ1v) is 11.1. The molecule has 0 spiro atoms. The Morgan fingerprint density at radius 3 is 2.20 bits per heavy atom. The predicted octanol–water partition coefficient (Wildman–Crippen LogP) is 5.00. The van der Waals surface area contributed by atoms with Crippen molar-refractivity contribution in [1.82, 2.24) is 0 Å². The molecule has 1 aliphatic rings. The lowest BCUT2D eigenvalue weighted by atomic mass is 9.70. The maximum atomic E-state index is 13.0. The van der Waals surface area contributed by atoms with Crippen LogP contribution in [-0.4, -0.2) is 30.7 Å². The number of aryl methyl sites for hydroxylation is 1. The van der Waals surface area contributed by atoms with Crippen LogP contribution in [0, 0.1) is 35.0 Å². The van der Waals surface area contributed by atoms with Gasteiger partial charge in [0.05, 0.1) is 11.6 Å². The van der Waals surface area contributed by atoms with Crippen LogP contribution < -0.4 is 0 Å². The van der Waals surface area contributed by atoms with Gasteiger partial charge in [0.1, 0.15) is 34.9 Å². The number of hydrogen-bond donors (Lipinski definition) is 0. The fourth-order valence-electron chi connectivity index (χ4n) is 3.42. The summed E-state index contributed by atoms with van der Waals surface area (Å²) in [4.78, 5) is 38.1. The van der Waals surface area contributed by atoms with Gasteiger partial charge in [-0.05, 0) is 19.1 Å². The Hall–Kier alpha value is -3.91. The van der Waals surface area contributed by atoms with E-state index in [1.165, 1.54) is 0 Å². The average Bonchev–Trinajstić information content (AvgIpc) is 2.88. The molecule has 0 aromatic heterocycles. The van der Waals surface area contributed by atoms with Gasteiger partial charge in [-0.15, -0.1) is 0 Å². The maximum absolute atomic E-state index is 13.0. The number of allylic oxidation sites excluding steroid dienone is 3. The van der Waals surface area contributed by atoms with Crippen LogP contribution in [0.3, 0.4) is 0 Å². The molecule has 2 aromatic carbocycles. The van der Waals surface area contributed by atoms with E-state index < -0.39 is 40.0 Å². The lowest BCUT2D eigenvalue weighted by molar-refractivity contribution is -0.120. The summed E-state index contributed by atoms with van der Waals surface area (Å²) in [5.74, 6) is -2.40. The number of rotatable bonds is 8. The second-order valence-corrected chi connectivity index (χ2v) is 8.36. The molecule has 1 unspecified atom stereocenters. The smallest absolute Gasteiger partial charge is 0.338 e. The van der Waals surface area contributed by atoms with Gasteiger partial charge in [-0.2, -0.15) is 10.5 Å². The first-order chi connectivity index (χ1) is 16.7. The van der Waals surface area contributed by atoms with E-state index in [1.807, 2.05) is 6.92 Å². The van der Waals surface area contributed by atoms with Crippen molar-refractivity contribution in [3.63, 3.8) is 0 Å².